The fourth-order valence-electron chi connectivity index (χ4n) is 2.23. The van der Waals surface area contributed by atoms with Gasteiger partial charge in [-0.05, 0) is 18.2 Å². The molecular formula is C15H13FN4O. The topological polar surface area (TPSA) is 72.9 Å². The number of hydrogen-bond acceptors (Lipinski definition) is 3. The average Bonchev–Trinajstić information content (AvgIpc) is 2.81. The molecule has 0 bridgehead atoms. The summed E-state index contributed by atoms with van der Waals surface area (Å²) in [7, 11) is 1.75. The molecule has 0 saturated heterocycles. The SMILES string of the molecule is Cn1nc(C(=O)Nc2c(N)cccc2F)c2ccccc21. The van der Waals surface area contributed by atoms with Gasteiger partial charge < -0.3 is 11.1 Å². The molecule has 21 heavy (non-hydrogen) atoms. The number of fused-ring (bicyclic) bond motifs is 1. The van der Waals surface area contributed by atoms with Gasteiger partial charge >= 0.3 is 0 Å². The Morgan fingerprint density at radius 3 is 2.76 bits per heavy atom. The summed E-state index contributed by atoms with van der Waals surface area (Å²) >= 11 is 0. The molecule has 0 saturated carbocycles. The van der Waals surface area contributed by atoms with Crippen LogP contribution in [-0.4, -0.2) is 15.7 Å². The van der Waals surface area contributed by atoms with Gasteiger partial charge in [0.1, 0.15) is 11.5 Å². The Kier molecular flexibility index (Phi) is 3.06. The Balaban J connectivity index is 2.02. The van der Waals surface area contributed by atoms with E-state index in [-0.39, 0.29) is 17.1 Å². The van der Waals surface area contributed by atoms with Crippen molar-refractivity contribution in [2.24, 2.45) is 7.05 Å². The highest BCUT2D eigenvalue weighted by Crippen LogP contribution is 2.24. The number of aryl methyl sites for hydroxylation is 1. The van der Waals surface area contributed by atoms with Crippen LogP contribution in [0.3, 0.4) is 0 Å². The summed E-state index contributed by atoms with van der Waals surface area (Å²) in [6.07, 6.45) is 0. The van der Waals surface area contributed by atoms with Crippen LogP contribution in [0.15, 0.2) is 42.5 Å². The predicted octanol–water partition coefficient (Wildman–Crippen LogP) is 2.55. The maximum Gasteiger partial charge on any atom is 0.276 e. The van der Waals surface area contributed by atoms with Crippen molar-refractivity contribution in [3.63, 3.8) is 0 Å². The number of nitrogens with zero attached hydrogens (tertiary/aromatic N) is 2. The number of hydrogen-bond donors (Lipinski definition) is 2. The number of nitrogen functional groups attached to an aromatic ring is 1. The molecule has 1 aromatic heterocycles. The van der Waals surface area contributed by atoms with Crippen LogP contribution in [0.1, 0.15) is 10.5 Å². The number of carbonyl (C=O) groups is 1. The maximum absolute atomic E-state index is 13.7. The molecule has 0 fully saturated rings. The van der Waals surface area contributed by atoms with Crippen LogP contribution >= 0.6 is 0 Å². The molecular weight excluding hydrogens is 271 g/mol. The van der Waals surface area contributed by atoms with Gasteiger partial charge in [0, 0.05) is 12.4 Å². The molecule has 3 rings (SSSR count). The number of aromatic nitrogens is 2. The second kappa shape index (κ2) is 4.90. The van der Waals surface area contributed by atoms with Crippen molar-refractivity contribution in [3.05, 3.63) is 54.0 Å². The van der Waals surface area contributed by atoms with Gasteiger partial charge in [0.2, 0.25) is 0 Å². The lowest BCUT2D eigenvalue weighted by atomic mass is 10.2. The summed E-state index contributed by atoms with van der Waals surface area (Å²) in [5, 5.41) is 7.37. The molecule has 1 amide bonds. The zero-order valence-electron chi connectivity index (χ0n) is 11.3. The number of para-hydroxylation sites is 2. The van der Waals surface area contributed by atoms with E-state index >= 15 is 0 Å². The van der Waals surface area contributed by atoms with E-state index in [9.17, 15) is 9.18 Å². The number of rotatable bonds is 2. The van der Waals surface area contributed by atoms with E-state index in [2.05, 4.69) is 10.4 Å². The fourth-order valence-corrected chi connectivity index (χ4v) is 2.23. The smallest absolute Gasteiger partial charge is 0.276 e. The van der Waals surface area contributed by atoms with Crippen molar-refractivity contribution in [2.45, 2.75) is 0 Å². The molecule has 1 heterocycles. The van der Waals surface area contributed by atoms with Crippen LogP contribution < -0.4 is 11.1 Å². The Hall–Kier alpha value is -2.89. The van der Waals surface area contributed by atoms with Crippen molar-refractivity contribution in [2.75, 3.05) is 11.1 Å². The predicted molar refractivity (Wildman–Crippen MR) is 79.5 cm³/mol. The Morgan fingerprint density at radius 2 is 2.00 bits per heavy atom. The lowest BCUT2D eigenvalue weighted by molar-refractivity contribution is 0.102. The Morgan fingerprint density at radius 1 is 1.24 bits per heavy atom. The van der Waals surface area contributed by atoms with E-state index in [0.29, 0.717) is 5.39 Å². The van der Waals surface area contributed by atoms with E-state index in [1.54, 1.807) is 17.8 Å². The minimum Gasteiger partial charge on any atom is -0.397 e. The van der Waals surface area contributed by atoms with Crippen LogP contribution in [-0.2, 0) is 7.05 Å². The van der Waals surface area contributed by atoms with Gasteiger partial charge in [0.05, 0.1) is 11.2 Å². The minimum absolute atomic E-state index is 0.0303. The highest BCUT2D eigenvalue weighted by molar-refractivity contribution is 6.12. The summed E-state index contributed by atoms with van der Waals surface area (Å²) in [5.41, 5.74) is 6.88. The highest BCUT2D eigenvalue weighted by Gasteiger charge is 2.18. The Bertz CT molecular complexity index is 821. The second-order valence-electron chi connectivity index (χ2n) is 4.65. The molecule has 0 aliphatic heterocycles. The third kappa shape index (κ3) is 2.20. The molecule has 0 aliphatic rings. The molecule has 0 aliphatic carbocycles. The van der Waals surface area contributed by atoms with Crippen LogP contribution in [0.4, 0.5) is 15.8 Å². The first-order valence-corrected chi connectivity index (χ1v) is 6.35. The molecule has 0 radical (unpaired) electrons. The fraction of sp³-hybridized carbons (Fsp3) is 0.0667. The van der Waals surface area contributed by atoms with Crippen molar-refractivity contribution >= 4 is 28.2 Å². The number of carbonyl (C=O) groups excluding carboxylic acids is 1. The van der Waals surface area contributed by atoms with Crippen LogP contribution in [0.5, 0.6) is 0 Å². The normalized spacial score (nSPS) is 10.8. The summed E-state index contributed by atoms with van der Waals surface area (Å²) in [6.45, 7) is 0. The minimum atomic E-state index is -0.580. The van der Waals surface area contributed by atoms with Gasteiger partial charge in [-0.3, -0.25) is 9.48 Å². The first-order valence-electron chi connectivity index (χ1n) is 6.35. The lowest BCUT2D eigenvalue weighted by Crippen LogP contribution is -2.15. The van der Waals surface area contributed by atoms with E-state index in [1.165, 1.54) is 18.2 Å². The summed E-state index contributed by atoms with van der Waals surface area (Å²) in [6, 6.07) is 11.6. The number of halogens is 1. The maximum atomic E-state index is 13.7. The van der Waals surface area contributed by atoms with Gasteiger partial charge in [-0.15, -0.1) is 0 Å². The molecule has 0 atom stereocenters. The molecule has 3 N–H and O–H groups in total. The van der Waals surface area contributed by atoms with E-state index < -0.39 is 11.7 Å². The summed E-state index contributed by atoms with van der Waals surface area (Å²) in [4.78, 5) is 12.3. The largest absolute Gasteiger partial charge is 0.397 e. The molecule has 106 valence electrons. The van der Waals surface area contributed by atoms with Gasteiger partial charge in [-0.1, -0.05) is 24.3 Å². The number of amides is 1. The first-order chi connectivity index (χ1) is 10.1. The molecule has 2 aromatic carbocycles. The quantitative estimate of drug-likeness (QED) is 0.710. The third-order valence-electron chi connectivity index (χ3n) is 3.26. The van der Waals surface area contributed by atoms with Gasteiger partial charge in [0.25, 0.3) is 5.91 Å². The molecule has 5 nitrogen and oxygen atoms in total. The van der Waals surface area contributed by atoms with Gasteiger partial charge in [0.15, 0.2) is 5.69 Å². The second-order valence-corrected chi connectivity index (χ2v) is 4.65. The zero-order chi connectivity index (χ0) is 15.0. The van der Waals surface area contributed by atoms with E-state index in [0.717, 1.165) is 5.52 Å². The van der Waals surface area contributed by atoms with Crippen LogP contribution in [0.25, 0.3) is 10.9 Å². The van der Waals surface area contributed by atoms with Gasteiger partial charge in [-0.2, -0.15) is 5.10 Å². The standard InChI is InChI=1S/C15H13FN4O/c1-20-12-8-3-2-5-9(12)13(19-20)15(21)18-14-10(16)6-4-7-11(14)17/h2-8H,17H2,1H3,(H,18,21). The van der Waals surface area contributed by atoms with E-state index in [4.69, 9.17) is 5.73 Å². The molecule has 0 unspecified atom stereocenters. The zero-order valence-corrected chi connectivity index (χ0v) is 11.3. The number of nitrogens with two attached hydrogens (primary N) is 1. The Labute approximate surface area is 120 Å². The number of nitrogens with one attached hydrogen (secondary N) is 1. The first kappa shape index (κ1) is 13.1. The van der Waals surface area contributed by atoms with Crippen molar-refractivity contribution in [1.82, 2.24) is 9.78 Å². The van der Waals surface area contributed by atoms with Crippen molar-refractivity contribution in [3.8, 4) is 0 Å². The number of benzene rings is 2. The van der Waals surface area contributed by atoms with Crippen molar-refractivity contribution in [1.29, 1.82) is 0 Å². The molecule has 0 spiro atoms. The highest BCUT2D eigenvalue weighted by atomic mass is 19.1. The van der Waals surface area contributed by atoms with Crippen molar-refractivity contribution < 1.29 is 9.18 Å². The molecule has 3 aromatic rings. The monoisotopic (exact) mass is 284 g/mol. The van der Waals surface area contributed by atoms with E-state index in [1.807, 2.05) is 18.2 Å². The number of anilines is 2. The van der Waals surface area contributed by atoms with Crippen LogP contribution in [0.2, 0.25) is 0 Å². The third-order valence-corrected chi connectivity index (χ3v) is 3.26. The lowest BCUT2D eigenvalue weighted by Gasteiger charge is -2.07. The average molecular weight is 284 g/mol. The molecule has 6 heteroatoms. The van der Waals surface area contributed by atoms with Crippen LogP contribution in [0, 0.1) is 5.82 Å². The van der Waals surface area contributed by atoms with Gasteiger partial charge in [-0.25, -0.2) is 4.39 Å². The summed E-state index contributed by atoms with van der Waals surface area (Å²) < 4.78 is 15.3. The summed E-state index contributed by atoms with van der Waals surface area (Å²) in [5.74, 6) is -1.08.